The summed E-state index contributed by atoms with van der Waals surface area (Å²) in [5, 5.41) is 13.5. The van der Waals surface area contributed by atoms with Gasteiger partial charge in [-0.05, 0) is 18.2 Å². The molecule has 0 fully saturated rings. The molecule has 1 aliphatic rings. The second-order valence-electron chi connectivity index (χ2n) is 5.09. The number of fused-ring (bicyclic) bond motifs is 1. The molecular weight excluding hydrogens is 314 g/mol. The Morgan fingerprint density at radius 2 is 2.09 bits per heavy atom. The van der Waals surface area contributed by atoms with E-state index in [2.05, 4.69) is 5.32 Å². The van der Waals surface area contributed by atoms with Crippen molar-refractivity contribution in [2.24, 2.45) is 0 Å². The molecule has 3 rings (SSSR count). The van der Waals surface area contributed by atoms with Crippen molar-refractivity contribution in [1.82, 2.24) is 0 Å². The largest absolute Gasteiger partial charge is 0.360 e. The Morgan fingerprint density at radius 3 is 2.91 bits per heavy atom. The Labute approximate surface area is 137 Å². The minimum absolute atomic E-state index is 0.0393. The molecule has 7 heteroatoms. The van der Waals surface area contributed by atoms with Crippen LogP contribution in [0.1, 0.15) is 0 Å². The van der Waals surface area contributed by atoms with E-state index in [-0.39, 0.29) is 18.1 Å². The maximum Gasteiger partial charge on any atom is 0.271 e. The van der Waals surface area contributed by atoms with Gasteiger partial charge in [-0.2, -0.15) is 0 Å². The van der Waals surface area contributed by atoms with Crippen molar-refractivity contribution in [3.05, 3.63) is 58.6 Å². The summed E-state index contributed by atoms with van der Waals surface area (Å²) in [5.41, 5.74) is 1.45. The van der Waals surface area contributed by atoms with Gasteiger partial charge in [-0.3, -0.25) is 14.9 Å². The predicted octanol–water partition coefficient (Wildman–Crippen LogP) is 3.15. The highest BCUT2D eigenvalue weighted by Gasteiger charge is 2.19. The summed E-state index contributed by atoms with van der Waals surface area (Å²) in [5.74, 6) is 0.744. The zero-order valence-corrected chi connectivity index (χ0v) is 13.1. The van der Waals surface area contributed by atoms with E-state index >= 15 is 0 Å². The topological polar surface area (TPSA) is 75.5 Å². The number of hydrogen-bond donors (Lipinski definition) is 1. The van der Waals surface area contributed by atoms with Crippen molar-refractivity contribution < 1.29 is 9.72 Å². The number of carbonyl (C=O) groups is 1. The zero-order chi connectivity index (χ0) is 16.2. The molecule has 1 heterocycles. The van der Waals surface area contributed by atoms with Crippen LogP contribution in [-0.2, 0) is 4.79 Å². The molecule has 118 valence electrons. The lowest BCUT2D eigenvalue weighted by molar-refractivity contribution is -0.384. The molecule has 2 aromatic carbocycles. The summed E-state index contributed by atoms with van der Waals surface area (Å²) in [6.07, 6.45) is 0. The highest BCUT2D eigenvalue weighted by atomic mass is 32.2. The van der Waals surface area contributed by atoms with Gasteiger partial charge in [0, 0.05) is 35.0 Å². The summed E-state index contributed by atoms with van der Waals surface area (Å²) in [6, 6.07) is 13.9. The van der Waals surface area contributed by atoms with Gasteiger partial charge >= 0.3 is 0 Å². The van der Waals surface area contributed by atoms with Crippen LogP contribution in [0.4, 0.5) is 17.1 Å². The second kappa shape index (κ2) is 6.70. The van der Waals surface area contributed by atoms with Crippen molar-refractivity contribution >= 4 is 34.7 Å². The Balaban J connectivity index is 1.69. The number of benzene rings is 2. The molecule has 0 spiro atoms. The Morgan fingerprint density at radius 1 is 1.26 bits per heavy atom. The molecule has 6 nitrogen and oxygen atoms in total. The Hall–Kier alpha value is -2.54. The van der Waals surface area contributed by atoms with Gasteiger partial charge < -0.3 is 10.2 Å². The standard InChI is InChI=1S/C16H15N3O3S/c20-16(17-12-4-3-5-13(10-12)19(21)22)11-18-8-9-23-15-7-2-1-6-14(15)18/h1-7,10H,8-9,11H2,(H,17,20). The summed E-state index contributed by atoms with van der Waals surface area (Å²) in [7, 11) is 0. The van der Waals surface area contributed by atoms with E-state index < -0.39 is 4.92 Å². The van der Waals surface area contributed by atoms with Gasteiger partial charge in [0.25, 0.3) is 5.69 Å². The molecule has 0 bridgehead atoms. The molecule has 2 aromatic rings. The monoisotopic (exact) mass is 329 g/mol. The highest BCUT2D eigenvalue weighted by molar-refractivity contribution is 7.99. The average Bonchev–Trinajstić information content (AvgIpc) is 2.55. The number of para-hydroxylation sites is 1. The third-order valence-corrected chi connectivity index (χ3v) is 4.54. The van der Waals surface area contributed by atoms with Crippen LogP contribution in [0.15, 0.2) is 53.4 Å². The Bertz CT molecular complexity index is 751. The fraction of sp³-hybridized carbons (Fsp3) is 0.188. The van der Waals surface area contributed by atoms with E-state index in [0.29, 0.717) is 5.69 Å². The van der Waals surface area contributed by atoms with Crippen molar-refractivity contribution in [2.45, 2.75) is 4.90 Å². The quantitative estimate of drug-likeness (QED) is 0.689. The molecule has 1 aliphatic heterocycles. The highest BCUT2D eigenvalue weighted by Crippen LogP contribution is 2.34. The number of thioether (sulfide) groups is 1. The third kappa shape index (κ3) is 3.62. The first kappa shape index (κ1) is 15.4. The van der Waals surface area contributed by atoms with Crippen molar-refractivity contribution in [2.75, 3.05) is 29.1 Å². The minimum Gasteiger partial charge on any atom is -0.360 e. The number of nitrogens with one attached hydrogen (secondary N) is 1. The number of hydrogen-bond acceptors (Lipinski definition) is 5. The van der Waals surface area contributed by atoms with Crippen molar-refractivity contribution in [3.63, 3.8) is 0 Å². The summed E-state index contributed by atoms with van der Waals surface area (Å²) < 4.78 is 0. The summed E-state index contributed by atoms with van der Waals surface area (Å²) in [6.45, 7) is 1.02. The van der Waals surface area contributed by atoms with Gasteiger partial charge in [0.2, 0.25) is 5.91 Å². The van der Waals surface area contributed by atoms with E-state index in [4.69, 9.17) is 0 Å². The van der Waals surface area contributed by atoms with Gasteiger partial charge in [-0.1, -0.05) is 18.2 Å². The fourth-order valence-corrected chi connectivity index (χ4v) is 3.51. The van der Waals surface area contributed by atoms with Gasteiger partial charge in [0.15, 0.2) is 0 Å². The zero-order valence-electron chi connectivity index (χ0n) is 12.3. The predicted molar refractivity (Wildman–Crippen MR) is 91.1 cm³/mol. The molecule has 1 N–H and O–H groups in total. The summed E-state index contributed by atoms with van der Waals surface area (Å²) >= 11 is 1.78. The molecule has 0 unspecified atom stereocenters. The first-order valence-electron chi connectivity index (χ1n) is 7.14. The number of amides is 1. The van der Waals surface area contributed by atoms with Crippen LogP contribution >= 0.6 is 11.8 Å². The maximum absolute atomic E-state index is 12.2. The van der Waals surface area contributed by atoms with Crippen LogP contribution < -0.4 is 10.2 Å². The number of anilines is 2. The lowest BCUT2D eigenvalue weighted by Gasteiger charge is -2.30. The van der Waals surface area contributed by atoms with Gasteiger partial charge in [0.05, 0.1) is 17.2 Å². The molecule has 0 saturated heterocycles. The van der Waals surface area contributed by atoms with E-state index in [1.54, 1.807) is 23.9 Å². The number of nitrogens with zero attached hydrogens (tertiary/aromatic N) is 2. The van der Waals surface area contributed by atoms with Gasteiger partial charge in [-0.25, -0.2) is 0 Å². The first-order valence-corrected chi connectivity index (χ1v) is 8.13. The molecule has 0 radical (unpaired) electrons. The minimum atomic E-state index is -0.478. The van der Waals surface area contributed by atoms with Crippen LogP contribution in [0.5, 0.6) is 0 Å². The summed E-state index contributed by atoms with van der Waals surface area (Å²) in [4.78, 5) is 25.7. The fourth-order valence-electron chi connectivity index (χ4n) is 2.46. The number of nitro benzene ring substituents is 1. The molecule has 0 aliphatic carbocycles. The SMILES string of the molecule is O=C(CN1CCSc2ccccc21)Nc1cccc([N+](=O)[O-])c1. The van der Waals surface area contributed by atoms with Gasteiger partial charge in [-0.15, -0.1) is 11.8 Å². The van der Waals surface area contributed by atoms with E-state index in [1.807, 2.05) is 29.2 Å². The first-order chi connectivity index (χ1) is 11.1. The van der Waals surface area contributed by atoms with Crippen molar-refractivity contribution in [3.8, 4) is 0 Å². The van der Waals surface area contributed by atoms with E-state index in [1.165, 1.54) is 17.0 Å². The molecule has 1 amide bonds. The lowest BCUT2D eigenvalue weighted by Crippen LogP contribution is -2.36. The third-order valence-electron chi connectivity index (χ3n) is 3.50. The number of carbonyl (C=O) groups excluding carboxylic acids is 1. The average molecular weight is 329 g/mol. The maximum atomic E-state index is 12.2. The second-order valence-corrected chi connectivity index (χ2v) is 6.23. The molecule has 0 saturated carbocycles. The van der Waals surface area contributed by atoms with Crippen LogP contribution in [0.3, 0.4) is 0 Å². The van der Waals surface area contributed by atoms with Crippen molar-refractivity contribution in [1.29, 1.82) is 0 Å². The van der Waals surface area contributed by atoms with E-state index in [9.17, 15) is 14.9 Å². The molecule has 23 heavy (non-hydrogen) atoms. The lowest BCUT2D eigenvalue weighted by atomic mass is 10.2. The van der Waals surface area contributed by atoms with Crippen LogP contribution in [0.25, 0.3) is 0 Å². The number of nitro groups is 1. The van der Waals surface area contributed by atoms with E-state index in [0.717, 1.165) is 18.0 Å². The molecule has 0 aromatic heterocycles. The number of rotatable bonds is 4. The smallest absolute Gasteiger partial charge is 0.271 e. The molecule has 0 atom stereocenters. The normalized spacial score (nSPS) is 13.3. The molecular formula is C16H15N3O3S. The van der Waals surface area contributed by atoms with Crippen LogP contribution in [0.2, 0.25) is 0 Å². The number of non-ortho nitro benzene ring substituents is 1. The van der Waals surface area contributed by atoms with Gasteiger partial charge in [0.1, 0.15) is 0 Å². The Kier molecular flexibility index (Phi) is 4.47. The van der Waals surface area contributed by atoms with Crippen LogP contribution in [-0.4, -0.2) is 29.7 Å². The van der Waals surface area contributed by atoms with Crippen LogP contribution in [0, 0.1) is 10.1 Å².